The first-order valence-corrected chi connectivity index (χ1v) is 7.57. The Morgan fingerprint density at radius 2 is 1.91 bits per heavy atom. The lowest BCUT2D eigenvalue weighted by atomic mass is 10.1. The number of ketones is 1. The monoisotopic (exact) mass is 298 g/mol. The zero-order valence-corrected chi connectivity index (χ0v) is 12.3. The van der Waals surface area contributed by atoms with Gasteiger partial charge in [-0.3, -0.25) is 9.59 Å². The van der Waals surface area contributed by atoms with E-state index in [0.29, 0.717) is 25.0 Å². The molecule has 1 amide bonds. The number of carbonyl (C=O) groups is 2. The number of carbonyl (C=O) groups excluding carboxylic acids is 2. The van der Waals surface area contributed by atoms with E-state index in [2.05, 4.69) is 5.16 Å². The van der Waals surface area contributed by atoms with Gasteiger partial charge in [-0.15, -0.1) is 0 Å². The predicted molar refractivity (Wildman–Crippen MR) is 81.3 cm³/mol. The van der Waals surface area contributed by atoms with Gasteiger partial charge in [0.2, 0.25) is 17.5 Å². The molecular weight excluding hydrogens is 280 g/mol. The third kappa shape index (κ3) is 3.24. The lowest BCUT2D eigenvalue weighted by Gasteiger charge is -2.30. The SMILES string of the molecule is O=C(CCCC(=O)N1CCC1)c1cc(-c2ccccc2)no1. The largest absolute Gasteiger partial charge is 0.352 e. The van der Waals surface area contributed by atoms with Crippen LogP contribution in [0.4, 0.5) is 0 Å². The Kier molecular flexibility index (Phi) is 4.32. The zero-order valence-electron chi connectivity index (χ0n) is 12.3. The number of aromatic nitrogens is 1. The highest BCUT2D eigenvalue weighted by Gasteiger charge is 2.20. The molecule has 0 unspecified atom stereocenters. The van der Waals surface area contributed by atoms with Crippen LogP contribution in [0.25, 0.3) is 11.3 Å². The minimum Gasteiger partial charge on any atom is -0.352 e. The number of Topliss-reactive ketones (excluding diaryl/α,β-unsaturated/α-hetero) is 1. The average molecular weight is 298 g/mol. The Bertz CT molecular complexity index is 660. The predicted octanol–water partition coefficient (Wildman–Crippen LogP) is 2.93. The smallest absolute Gasteiger partial charge is 0.222 e. The molecule has 5 nitrogen and oxygen atoms in total. The van der Waals surface area contributed by atoms with Gasteiger partial charge in [0.05, 0.1) is 0 Å². The first-order valence-electron chi connectivity index (χ1n) is 7.57. The maximum atomic E-state index is 12.1. The highest BCUT2D eigenvalue weighted by Crippen LogP contribution is 2.20. The zero-order chi connectivity index (χ0) is 15.4. The standard InChI is InChI=1S/C17H18N2O3/c20-15(8-4-9-17(21)19-10-5-11-19)16-12-14(18-22-16)13-6-2-1-3-7-13/h1-3,6-7,12H,4-5,8-11H2. The number of nitrogens with zero attached hydrogens (tertiary/aromatic N) is 2. The normalized spacial score (nSPS) is 13.7. The Morgan fingerprint density at radius 1 is 1.14 bits per heavy atom. The molecule has 1 aliphatic rings. The van der Waals surface area contributed by atoms with E-state index in [-0.39, 0.29) is 17.5 Å². The van der Waals surface area contributed by atoms with Crippen LogP contribution in [-0.2, 0) is 4.79 Å². The summed E-state index contributed by atoms with van der Waals surface area (Å²) in [6.45, 7) is 1.71. The molecule has 1 saturated heterocycles. The van der Waals surface area contributed by atoms with Crippen molar-refractivity contribution in [2.75, 3.05) is 13.1 Å². The van der Waals surface area contributed by atoms with Gasteiger partial charge in [0.15, 0.2) is 0 Å². The van der Waals surface area contributed by atoms with Crippen molar-refractivity contribution in [1.29, 1.82) is 0 Å². The molecule has 0 N–H and O–H groups in total. The van der Waals surface area contributed by atoms with Crippen molar-refractivity contribution in [2.24, 2.45) is 0 Å². The quantitative estimate of drug-likeness (QED) is 0.769. The molecule has 0 bridgehead atoms. The molecule has 0 spiro atoms. The van der Waals surface area contributed by atoms with Gasteiger partial charge in [-0.05, 0) is 12.8 Å². The summed E-state index contributed by atoms with van der Waals surface area (Å²) in [5.74, 6) is 0.294. The van der Waals surface area contributed by atoms with Gasteiger partial charge >= 0.3 is 0 Å². The van der Waals surface area contributed by atoms with Gasteiger partial charge in [-0.2, -0.15) is 0 Å². The molecule has 0 aliphatic carbocycles. The molecule has 0 radical (unpaired) electrons. The van der Waals surface area contributed by atoms with Gasteiger partial charge in [-0.1, -0.05) is 35.5 Å². The molecule has 0 saturated carbocycles. The molecule has 2 heterocycles. The molecule has 1 aromatic carbocycles. The van der Waals surface area contributed by atoms with E-state index in [9.17, 15) is 9.59 Å². The van der Waals surface area contributed by atoms with Crippen LogP contribution in [0.15, 0.2) is 40.9 Å². The number of benzene rings is 1. The van der Waals surface area contributed by atoms with Crippen LogP contribution < -0.4 is 0 Å². The topological polar surface area (TPSA) is 63.4 Å². The number of amides is 1. The Balaban J connectivity index is 1.52. The number of rotatable bonds is 6. The summed E-state index contributed by atoms with van der Waals surface area (Å²) < 4.78 is 5.12. The van der Waals surface area contributed by atoms with Crippen molar-refractivity contribution >= 4 is 11.7 Å². The van der Waals surface area contributed by atoms with E-state index in [0.717, 1.165) is 25.1 Å². The maximum Gasteiger partial charge on any atom is 0.222 e. The van der Waals surface area contributed by atoms with Crippen molar-refractivity contribution in [2.45, 2.75) is 25.7 Å². The number of likely N-dealkylation sites (tertiary alicyclic amines) is 1. The van der Waals surface area contributed by atoms with Crippen LogP contribution >= 0.6 is 0 Å². The summed E-state index contributed by atoms with van der Waals surface area (Å²) in [6.07, 6.45) is 2.37. The van der Waals surface area contributed by atoms with Gasteiger partial charge in [0, 0.05) is 37.6 Å². The second kappa shape index (κ2) is 6.56. The van der Waals surface area contributed by atoms with Crippen LogP contribution in [0.1, 0.15) is 36.2 Å². The van der Waals surface area contributed by atoms with E-state index >= 15 is 0 Å². The van der Waals surface area contributed by atoms with Crippen LogP contribution in [0.5, 0.6) is 0 Å². The Morgan fingerprint density at radius 3 is 2.59 bits per heavy atom. The van der Waals surface area contributed by atoms with Crippen molar-refractivity contribution in [3.05, 3.63) is 42.2 Å². The molecule has 2 aromatic rings. The number of hydrogen-bond acceptors (Lipinski definition) is 4. The molecule has 22 heavy (non-hydrogen) atoms. The lowest BCUT2D eigenvalue weighted by Crippen LogP contribution is -2.41. The van der Waals surface area contributed by atoms with Crippen molar-refractivity contribution < 1.29 is 14.1 Å². The fourth-order valence-corrected chi connectivity index (χ4v) is 2.40. The molecule has 1 aromatic heterocycles. The first kappa shape index (κ1) is 14.5. The minimum absolute atomic E-state index is 0.105. The molecule has 1 aliphatic heterocycles. The van der Waals surface area contributed by atoms with Gasteiger partial charge < -0.3 is 9.42 Å². The molecule has 114 valence electrons. The highest BCUT2D eigenvalue weighted by molar-refractivity contribution is 5.94. The Hall–Kier alpha value is -2.43. The lowest BCUT2D eigenvalue weighted by molar-refractivity contribution is -0.134. The third-order valence-corrected chi connectivity index (χ3v) is 3.86. The van der Waals surface area contributed by atoms with Crippen molar-refractivity contribution in [1.82, 2.24) is 10.1 Å². The molecule has 3 rings (SSSR count). The summed E-state index contributed by atoms with van der Waals surface area (Å²) >= 11 is 0. The van der Waals surface area contributed by atoms with E-state index in [1.54, 1.807) is 6.07 Å². The molecule has 0 atom stereocenters. The maximum absolute atomic E-state index is 12.1. The third-order valence-electron chi connectivity index (χ3n) is 3.86. The van der Waals surface area contributed by atoms with E-state index in [4.69, 9.17) is 4.52 Å². The molecule has 5 heteroatoms. The van der Waals surface area contributed by atoms with Crippen LogP contribution in [0, 0.1) is 0 Å². The van der Waals surface area contributed by atoms with E-state index in [1.807, 2.05) is 35.2 Å². The van der Waals surface area contributed by atoms with Crippen LogP contribution in [-0.4, -0.2) is 34.8 Å². The second-order valence-electron chi connectivity index (χ2n) is 5.45. The highest BCUT2D eigenvalue weighted by atomic mass is 16.5. The van der Waals surface area contributed by atoms with E-state index in [1.165, 1.54) is 0 Å². The summed E-state index contributed by atoms with van der Waals surface area (Å²) in [5, 5.41) is 3.93. The van der Waals surface area contributed by atoms with Gasteiger partial charge in [-0.25, -0.2) is 0 Å². The van der Waals surface area contributed by atoms with Gasteiger partial charge in [0.1, 0.15) is 5.69 Å². The summed E-state index contributed by atoms with van der Waals surface area (Å²) in [4.78, 5) is 25.6. The molecule has 1 fully saturated rings. The van der Waals surface area contributed by atoms with Gasteiger partial charge in [0.25, 0.3) is 0 Å². The fraction of sp³-hybridized carbons (Fsp3) is 0.353. The van der Waals surface area contributed by atoms with E-state index < -0.39 is 0 Å². The van der Waals surface area contributed by atoms with Crippen LogP contribution in [0.3, 0.4) is 0 Å². The fourth-order valence-electron chi connectivity index (χ4n) is 2.40. The Labute approximate surface area is 128 Å². The summed E-state index contributed by atoms with van der Waals surface area (Å²) in [7, 11) is 0. The van der Waals surface area contributed by atoms with Crippen molar-refractivity contribution in [3.8, 4) is 11.3 Å². The second-order valence-corrected chi connectivity index (χ2v) is 5.45. The summed E-state index contributed by atoms with van der Waals surface area (Å²) in [6, 6.07) is 11.2. The minimum atomic E-state index is -0.105. The number of hydrogen-bond donors (Lipinski definition) is 0. The van der Waals surface area contributed by atoms with Crippen LogP contribution in [0.2, 0.25) is 0 Å². The average Bonchev–Trinajstić information content (AvgIpc) is 2.96. The first-order chi connectivity index (χ1) is 10.7. The summed E-state index contributed by atoms with van der Waals surface area (Å²) in [5.41, 5.74) is 1.57. The van der Waals surface area contributed by atoms with Crippen molar-refractivity contribution in [3.63, 3.8) is 0 Å². The molecular formula is C17H18N2O3.